The van der Waals surface area contributed by atoms with Crippen molar-refractivity contribution in [3.05, 3.63) is 60.2 Å². The minimum atomic E-state index is -0.757. The van der Waals surface area contributed by atoms with Crippen LogP contribution in [0.4, 0.5) is 0 Å². The quantitative estimate of drug-likeness (QED) is 0.894. The third-order valence-electron chi connectivity index (χ3n) is 5.71. The molecule has 0 aliphatic carbocycles. The van der Waals surface area contributed by atoms with Crippen molar-refractivity contribution in [2.24, 2.45) is 0 Å². The van der Waals surface area contributed by atoms with Gasteiger partial charge in [-0.1, -0.05) is 55.0 Å². The van der Waals surface area contributed by atoms with E-state index in [0.29, 0.717) is 6.04 Å². The van der Waals surface area contributed by atoms with Gasteiger partial charge in [0.05, 0.1) is 0 Å². The maximum Gasteiger partial charge on any atom is 0.325 e. The molecule has 2 aliphatic heterocycles. The van der Waals surface area contributed by atoms with Crippen molar-refractivity contribution in [3.8, 4) is 11.1 Å². The Kier molecular flexibility index (Phi) is 5.05. The van der Waals surface area contributed by atoms with Crippen LogP contribution in [0.15, 0.2) is 54.6 Å². The predicted octanol–water partition coefficient (Wildman–Crippen LogP) is 3.65. The Morgan fingerprint density at radius 2 is 1.62 bits per heavy atom. The summed E-state index contributed by atoms with van der Waals surface area (Å²) in [5.41, 5.74) is 3.06. The van der Waals surface area contributed by atoms with E-state index >= 15 is 0 Å². The Morgan fingerprint density at radius 1 is 0.923 bits per heavy atom. The summed E-state index contributed by atoms with van der Waals surface area (Å²) in [4.78, 5) is 16.7. The molecule has 26 heavy (non-hydrogen) atoms. The van der Waals surface area contributed by atoms with Crippen molar-refractivity contribution in [2.45, 2.75) is 31.3 Å². The molecule has 1 unspecified atom stereocenters. The van der Waals surface area contributed by atoms with E-state index in [2.05, 4.69) is 21.9 Å². The number of aliphatic carboxylic acids is 1. The van der Waals surface area contributed by atoms with Gasteiger partial charge in [-0.05, 0) is 48.7 Å². The number of piperidine rings is 1. The predicted molar refractivity (Wildman–Crippen MR) is 103 cm³/mol. The van der Waals surface area contributed by atoms with Gasteiger partial charge in [-0.3, -0.25) is 14.6 Å². The molecule has 2 aromatic carbocycles. The Hall–Kier alpha value is -2.17. The summed E-state index contributed by atoms with van der Waals surface area (Å²) in [7, 11) is 0. The Bertz CT molecular complexity index is 750. The van der Waals surface area contributed by atoms with Crippen LogP contribution in [0.25, 0.3) is 11.1 Å². The van der Waals surface area contributed by atoms with Gasteiger partial charge in [-0.15, -0.1) is 0 Å². The summed E-state index contributed by atoms with van der Waals surface area (Å²) in [6.07, 6.45) is 3.88. The minimum absolute atomic E-state index is 0.523. The zero-order valence-corrected chi connectivity index (χ0v) is 15.1. The number of hydrogen-bond acceptors (Lipinski definition) is 3. The van der Waals surface area contributed by atoms with Gasteiger partial charge in [0.1, 0.15) is 6.04 Å². The Balaban J connectivity index is 1.50. The molecule has 2 aliphatic rings. The van der Waals surface area contributed by atoms with Crippen LogP contribution in [-0.4, -0.2) is 53.1 Å². The zero-order chi connectivity index (χ0) is 17.9. The van der Waals surface area contributed by atoms with E-state index in [-0.39, 0.29) is 0 Å². The zero-order valence-electron chi connectivity index (χ0n) is 15.1. The van der Waals surface area contributed by atoms with E-state index in [1.54, 1.807) is 0 Å². The highest BCUT2D eigenvalue weighted by Gasteiger charge is 2.39. The molecule has 136 valence electrons. The molecule has 0 saturated carbocycles. The summed E-state index contributed by atoms with van der Waals surface area (Å²) in [5.74, 6) is -0.757. The van der Waals surface area contributed by atoms with Crippen molar-refractivity contribution in [1.82, 2.24) is 9.80 Å². The van der Waals surface area contributed by atoms with E-state index in [1.165, 1.54) is 32.4 Å². The van der Waals surface area contributed by atoms with Gasteiger partial charge in [-0.2, -0.15) is 0 Å². The highest BCUT2D eigenvalue weighted by molar-refractivity contribution is 5.77. The first-order valence-electron chi connectivity index (χ1n) is 9.58. The molecular formula is C22H26N2O2. The van der Waals surface area contributed by atoms with Crippen molar-refractivity contribution in [2.75, 3.05) is 26.2 Å². The number of benzene rings is 2. The van der Waals surface area contributed by atoms with Gasteiger partial charge in [0.2, 0.25) is 0 Å². The lowest BCUT2D eigenvalue weighted by atomic mass is 9.94. The van der Waals surface area contributed by atoms with Crippen molar-refractivity contribution in [1.29, 1.82) is 0 Å². The Morgan fingerprint density at radius 3 is 2.31 bits per heavy atom. The molecule has 0 amide bonds. The first-order chi connectivity index (χ1) is 12.7. The maximum absolute atomic E-state index is 12.0. The average Bonchev–Trinajstić information content (AvgIpc) is 2.65. The van der Waals surface area contributed by atoms with Gasteiger partial charge in [0.25, 0.3) is 0 Å². The number of carbonyl (C=O) groups is 1. The van der Waals surface area contributed by atoms with Gasteiger partial charge in [-0.25, -0.2) is 0 Å². The SMILES string of the molecule is O=C(O)C(c1cccc(-c2ccccc2)c1)N1CC(N2CCCCC2)C1. The fourth-order valence-electron chi connectivity index (χ4n) is 4.24. The normalized spacial score (nSPS) is 20.5. The molecule has 2 aromatic rings. The largest absolute Gasteiger partial charge is 0.480 e. The first-order valence-corrected chi connectivity index (χ1v) is 9.58. The number of rotatable bonds is 5. The lowest BCUT2D eigenvalue weighted by Crippen LogP contribution is -2.61. The van der Waals surface area contributed by atoms with Gasteiger partial charge >= 0.3 is 5.97 Å². The summed E-state index contributed by atoms with van der Waals surface area (Å²) in [5, 5.41) is 9.86. The fourth-order valence-corrected chi connectivity index (χ4v) is 4.24. The van der Waals surface area contributed by atoms with Crippen LogP contribution < -0.4 is 0 Å². The number of nitrogens with zero attached hydrogens (tertiary/aromatic N) is 2. The summed E-state index contributed by atoms with van der Waals surface area (Å²) in [6, 6.07) is 18.1. The molecule has 2 heterocycles. The maximum atomic E-state index is 12.0. The van der Waals surface area contributed by atoms with Crippen molar-refractivity contribution in [3.63, 3.8) is 0 Å². The van der Waals surface area contributed by atoms with Crippen LogP contribution in [0.2, 0.25) is 0 Å². The number of hydrogen-bond donors (Lipinski definition) is 1. The van der Waals surface area contributed by atoms with Crippen LogP contribution in [-0.2, 0) is 4.79 Å². The fraction of sp³-hybridized carbons (Fsp3) is 0.409. The highest BCUT2D eigenvalue weighted by atomic mass is 16.4. The first kappa shape index (κ1) is 17.3. The number of likely N-dealkylation sites (tertiary alicyclic amines) is 2. The molecule has 0 radical (unpaired) electrons. The molecule has 0 spiro atoms. The molecule has 4 heteroatoms. The second-order valence-electron chi connectivity index (χ2n) is 7.44. The third kappa shape index (κ3) is 3.53. The lowest BCUT2D eigenvalue weighted by molar-refractivity contribution is -0.147. The molecule has 0 aromatic heterocycles. The second-order valence-corrected chi connectivity index (χ2v) is 7.44. The van der Waals surface area contributed by atoms with Crippen molar-refractivity contribution < 1.29 is 9.90 Å². The Labute approximate surface area is 155 Å². The molecule has 2 saturated heterocycles. The molecule has 4 rings (SSSR count). The molecule has 2 fully saturated rings. The highest BCUT2D eigenvalue weighted by Crippen LogP contribution is 2.31. The summed E-state index contributed by atoms with van der Waals surface area (Å²) < 4.78 is 0. The number of carboxylic acids is 1. The minimum Gasteiger partial charge on any atom is -0.480 e. The van der Waals surface area contributed by atoms with Crippen LogP contribution in [0, 0.1) is 0 Å². The van der Waals surface area contributed by atoms with E-state index in [4.69, 9.17) is 0 Å². The van der Waals surface area contributed by atoms with E-state index < -0.39 is 12.0 Å². The van der Waals surface area contributed by atoms with Crippen LogP contribution in [0.1, 0.15) is 30.9 Å². The van der Waals surface area contributed by atoms with Gasteiger partial charge < -0.3 is 5.11 Å². The lowest BCUT2D eigenvalue weighted by Gasteiger charge is -2.48. The average molecular weight is 350 g/mol. The molecule has 4 nitrogen and oxygen atoms in total. The van der Waals surface area contributed by atoms with Crippen LogP contribution in [0.3, 0.4) is 0 Å². The molecule has 1 atom stereocenters. The van der Waals surface area contributed by atoms with Crippen LogP contribution >= 0.6 is 0 Å². The molecular weight excluding hydrogens is 324 g/mol. The second kappa shape index (κ2) is 7.60. The summed E-state index contributed by atoms with van der Waals surface area (Å²) >= 11 is 0. The van der Waals surface area contributed by atoms with E-state index in [0.717, 1.165) is 29.8 Å². The smallest absolute Gasteiger partial charge is 0.325 e. The van der Waals surface area contributed by atoms with E-state index in [1.807, 2.05) is 42.5 Å². The standard InChI is InChI=1S/C22H26N2O2/c25-22(26)21(24-15-20(16-24)23-12-5-2-6-13-23)19-11-7-10-18(14-19)17-8-3-1-4-9-17/h1,3-4,7-11,14,20-21H,2,5-6,12-13,15-16H2,(H,25,26). The topological polar surface area (TPSA) is 43.8 Å². The van der Waals surface area contributed by atoms with E-state index in [9.17, 15) is 9.90 Å². The summed E-state index contributed by atoms with van der Waals surface area (Å²) in [6.45, 7) is 4.04. The van der Waals surface area contributed by atoms with Crippen LogP contribution in [0.5, 0.6) is 0 Å². The van der Waals surface area contributed by atoms with Gasteiger partial charge in [0, 0.05) is 19.1 Å². The number of carboxylic acid groups (broad SMARTS) is 1. The third-order valence-corrected chi connectivity index (χ3v) is 5.71. The monoisotopic (exact) mass is 350 g/mol. The van der Waals surface area contributed by atoms with Gasteiger partial charge in [0.15, 0.2) is 0 Å². The molecule has 1 N–H and O–H groups in total. The molecule has 0 bridgehead atoms. The van der Waals surface area contributed by atoms with Crippen molar-refractivity contribution >= 4 is 5.97 Å².